The summed E-state index contributed by atoms with van der Waals surface area (Å²) in [4.78, 5) is 19.2. The highest BCUT2D eigenvalue weighted by atomic mass is 35.5. The molecule has 1 unspecified atom stereocenters. The lowest BCUT2D eigenvalue weighted by Crippen LogP contribution is -2.43. The maximum Gasteiger partial charge on any atom is 0.317 e. The Hall–Kier alpha value is -2.01. The maximum absolute atomic E-state index is 12.7. The smallest absolute Gasteiger partial charge is 0.317 e. The Morgan fingerprint density at radius 1 is 1.23 bits per heavy atom. The number of halogens is 1. The van der Waals surface area contributed by atoms with Crippen molar-refractivity contribution >= 4 is 17.6 Å². The van der Waals surface area contributed by atoms with Crippen LogP contribution < -0.4 is 5.32 Å². The highest BCUT2D eigenvalue weighted by Crippen LogP contribution is 2.25. The van der Waals surface area contributed by atoms with Crippen molar-refractivity contribution in [2.24, 2.45) is 0 Å². The van der Waals surface area contributed by atoms with Crippen molar-refractivity contribution in [1.82, 2.24) is 19.8 Å². The van der Waals surface area contributed by atoms with E-state index in [1.165, 1.54) is 12.8 Å². The Labute approximate surface area is 159 Å². The van der Waals surface area contributed by atoms with Crippen molar-refractivity contribution < 1.29 is 4.79 Å². The Bertz CT molecular complexity index is 788. The van der Waals surface area contributed by atoms with Crippen molar-refractivity contribution in [2.45, 2.75) is 57.7 Å². The monoisotopic (exact) mass is 372 g/mol. The molecule has 0 saturated carbocycles. The van der Waals surface area contributed by atoms with Crippen LogP contribution in [0, 0.1) is 0 Å². The van der Waals surface area contributed by atoms with Crippen LogP contribution >= 0.6 is 11.6 Å². The molecule has 2 aliphatic heterocycles. The number of amides is 2. The molecule has 1 atom stereocenters. The number of carbonyl (C=O) groups is 1. The molecule has 4 rings (SSSR count). The van der Waals surface area contributed by atoms with Gasteiger partial charge in [0.25, 0.3) is 0 Å². The second kappa shape index (κ2) is 7.70. The van der Waals surface area contributed by atoms with Crippen LogP contribution in [-0.4, -0.2) is 33.1 Å². The number of benzene rings is 1. The Kier molecular flexibility index (Phi) is 5.16. The second-order valence-electron chi connectivity index (χ2n) is 7.22. The molecular formula is C20H25ClN4O. The number of urea groups is 1. The average Bonchev–Trinajstić information content (AvgIpc) is 3.29. The van der Waals surface area contributed by atoms with E-state index in [2.05, 4.69) is 20.9 Å². The fourth-order valence-electron chi connectivity index (χ4n) is 4.12. The summed E-state index contributed by atoms with van der Waals surface area (Å²) in [6.45, 7) is 2.37. The van der Waals surface area contributed by atoms with Crippen molar-refractivity contribution in [2.75, 3.05) is 6.54 Å². The van der Waals surface area contributed by atoms with E-state index in [4.69, 9.17) is 11.6 Å². The van der Waals surface area contributed by atoms with Crippen molar-refractivity contribution in [1.29, 1.82) is 0 Å². The third-order valence-electron chi connectivity index (χ3n) is 5.53. The number of hydrogen-bond acceptors (Lipinski definition) is 2. The molecule has 0 bridgehead atoms. The molecule has 2 aliphatic rings. The van der Waals surface area contributed by atoms with E-state index in [-0.39, 0.29) is 12.1 Å². The summed E-state index contributed by atoms with van der Waals surface area (Å²) in [6.07, 6.45) is 8.24. The topological polar surface area (TPSA) is 50.2 Å². The first kappa shape index (κ1) is 17.4. The van der Waals surface area contributed by atoms with Crippen LogP contribution in [0.15, 0.2) is 30.5 Å². The lowest BCUT2D eigenvalue weighted by atomic mass is 10.0. The largest absolute Gasteiger partial charge is 0.332 e. The molecular weight excluding hydrogens is 348 g/mol. The Balaban J connectivity index is 1.38. The van der Waals surface area contributed by atoms with Gasteiger partial charge in [0.05, 0.1) is 18.4 Å². The van der Waals surface area contributed by atoms with Crippen molar-refractivity contribution in [3.05, 3.63) is 52.6 Å². The average molecular weight is 373 g/mol. The summed E-state index contributed by atoms with van der Waals surface area (Å²) < 4.78 is 2.26. The summed E-state index contributed by atoms with van der Waals surface area (Å²) in [5, 5.41) is 3.88. The number of likely N-dealkylation sites (tertiary alicyclic amines) is 1. The number of fused-ring (bicyclic) bond motifs is 1. The highest BCUT2D eigenvalue weighted by molar-refractivity contribution is 6.31. The molecule has 2 aromatic rings. The van der Waals surface area contributed by atoms with Gasteiger partial charge in [-0.25, -0.2) is 9.78 Å². The Morgan fingerprint density at radius 3 is 3.00 bits per heavy atom. The number of rotatable bonds is 4. The van der Waals surface area contributed by atoms with Gasteiger partial charge in [-0.3, -0.25) is 0 Å². The predicted molar refractivity (Wildman–Crippen MR) is 102 cm³/mol. The fraction of sp³-hybridized carbons (Fsp3) is 0.500. The van der Waals surface area contributed by atoms with Crippen LogP contribution in [0.2, 0.25) is 5.02 Å². The van der Waals surface area contributed by atoms with Crippen LogP contribution in [0.4, 0.5) is 4.79 Å². The van der Waals surface area contributed by atoms with Gasteiger partial charge in [0, 0.05) is 30.6 Å². The van der Waals surface area contributed by atoms with Crippen LogP contribution in [0.1, 0.15) is 42.8 Å². The van der Waals surface area contributed by atoms with E-state index in [1.807, 2.05) is 29.3 Å². The number of nitrogens with one attached hydrogen (secondary N) is 1. The summed E-state index contributed by atoms with van der Waals surface area (Å²) in [7, 11) is 0. The van der Waals surface area contributed by atoms with E-state index in [1.54, 1.807) is 0 Å². The van der Waals surface area contributed by atoms with Crippen LogP contribution in [0.5, 0.6) is 0 Å². The zero-order valence-corrected chi connectivity index (χ0v) is 15.7. The van der Waals surface area contributed by atoms with Gasteiger partial charge >= 0.3 is 6.03 Å². The number of nitrogens with zero attached hydrogens (tertiary/aromatic N) is 3. The molecule has 3 heterocycles. The van der Waals surface area contributed by atoms with Gasteiger partial charge in [0.15, 0.2) is 0 Å². The molecule has 138 valence electrons. The van der Waals surface area contributed by atoms with E-state index >= 15 is 0 Å². The summed E-state index contributed by atoms with van der Waals surface area (Å²) in [5.74, 6) is 1.15. The molecule has 0 aliphatic carbocycles. The van der Waals surface area contributed by atoms with Crippen molar-refractivity contribution in [3.8, 4) is 0 Å². The van der Waals surface area contributed by atoms with E-state index in [9.17, 15) is 4.79 Å². The molecule has 1 fully saturated rings. The van der Waals surface area contributed by atoms with E-state index in [0.717, 1.165) is 60.9 Å². The highest BCUT2D eigenvalue weighted by Gasteiger charge is 2.29. The molecule has 2 amide bonds. The third kappa shape index (κ3) is 3.58. The van der Waals surface area contributed by atoms with Gasteiger partial charge in [-0.05, 0) is 43.7 Å². The number of aromatic nitrogens is 2. The summed E-state index contributed by atoms with van der Waals surface area (Å²) >= 11 is 6.30. The first-order valence-electron chi connectivity index (χ1n) is 9.53. The van der Waals surface area contributed by atoms with E-state index < -0.39 is 0 Å². The van der Waals surface area contributed by atoms with Crippen LogP contribution in [0.3, 0.4) is 0 Å². The minimum Gasteiger partial charge on any atom is -0.332 e. The number of aryl methyl sites for hydroxylation is 1. The molecule has 5 nitrogen and oxygen atoms in total. The zero-order chi connectivity index (χ0) is 17.9. The molecule has 0 radical (unpaired) electrons. The molecule has 1 aromatic carbocycles. The SMILES string of the molecule is O=C(NCc1cnc2n1CCCC2)N1CCCC1Cc1ccccc1Cl. The number of hydrogen-bond donors (Lipinski definition) is 1. The molecule has 0 spiro atoms. The normalized spacial score (nSPS) is 19.4. The van der Waals surface area contributed by atoms with Crippen molar-refractivity contribution in [3.63, 3.8) is 0 Å². The zero-order valence-electron chi connectivity index (χ0n) is 15.0. The lowest BCUT2D eigenvalue weighted by Gasteiger charge is -2.25. The predicted octanol–water partition coefficient (Wildman–Crippen LogP) is 3.79. The number of carbonyl (C=O) groups excluding carboxylic acids is 1. The van der Waals surface area contributed by atoms with Gasteiger partial charge < -0.3 is 14.8 Å². The number of imidazole rings is 1. The molecule has 1 aromatic heterocycles. The maximum atomic E-state index is 12.7. The van der Waals surface area contributed by atoms with Crippen LogP contribution in [-0.2, 0) is 25.9 Å². The van der Waals surface area contributed by atoms with Gasteiger partial charge in [0.2, 0.25) is 0 Å². The summed E-state index contributed by atoms with van der Waals surface area (Å²) in [6, 6.07) is 8.15. The fourth-order valence-corrected chi connectivity index (χ4v) is 4.33. The molecule has 26 heavy (non-hydrogen) atoms. The molecule has 1 N–H and O–H groups in total. The minimum atomic E-state index is 0.0194. The second-order valence-corrected chi connectivity index (χ2v) is 7.63. The lowest BCUT2D eigenvalue weighted by molar-refractivity contribution is 0.191. The first-order valence-corrected chi connectivity index (χ1v) is 9.91. The first-order chi connectivity index (χ1) is 12.7. The Morgan fingerprint density at radius 2 is 2.12 bits per heavy atom. The summed E-state index contributed by atoms with van der Waals surface area (Å²) in [5.41, 5.74) is 2.22. The van der Waals surface area contributed by atoms with Gasteiger partial charge in [-0.1, -0.05) is 29.8 Å². The van der Waals surface area contributed by atoms with Gasteiger partial charge in [-0.2, -0.15) is 0 Å². The molecule has 1 saturated heterocycles. The van der Waals surface area contributed by atoms with Gasteiger partial charge in [0.1, 0.15) is 5.82 Å². The standard InChI is InChI=1S/C20H25ClN4O/c21-18-8-2-1-6-15(18)12-16-7-5-11-25(16)20(26)23-14-17-13-22-19-9-3-4-10-24(17)19/h1-2,6,8,13,16H,3-5,7,9-12,14H2,(H,23,26). The quantitative estimate of drug-likeness (QED) is 0.887. The van der Waals surface area contributed by atoms with E-state index in [0.29, 0.717) is 6.54 Å². The minimum absolute atomic E-state index is 0.0194. The third-order valence-corrected chi connectivity index (χ3v) is 5.89. The van der Waals surface area contributed by atoms with Gasteiger partial charge in [-0.15, -0.1) is 0 Å². The van der Waals surface area contributed by atoms with Crippen LogP contribution in [0.25, 0.3) is 0 Å². The molecule has 6 heteroatoms.